The molecule has 2 saturated carbocycles. The fourth-order valence-corrected chi connectivity index (χ4v) is 7.25. The molecule has 0 heterocycles. The van der Waals surface area contributed by atoms with Gasteiger partial charge >= 0.3 is 0 Å². The van der Waals surface area contributed by atoms with Gasteiger partial charge in [-0.1, -0.05) is 83.6 Å². The molecule has 4 rings (SSSR count). The summed E-state index contributed by atoms with van der Waals surface area (Å²) in [5, 5.41) is 43.2. The molecule has 2 fully saturated rings. The predicted molar refractivity (Wildman–Crippen MR) is 151 cm³/mol. The maximum atomic E-state index is 11.8. The number of phenols is 2. The molecule has 0 aromatic heterocycles. The summed E-state index contributed by atoms with van der Waals surface area (Å²) in [5.41, 5.74) is 5.62. The van der Waals surface area contributed by atoms with E-state index in [1.807, 2.05) is 0 Å². The fraction of sp³-hybridized carbons (Fsp3) is 0.636. The Hall–Kier alpha value is -2.04. The van der Waals surface area contributed by atoms with Crippen LogP contribution < -0.4 is 0 Å². The van der Waals surface area contributed by atoms with E-state index in [4.69, 9.17) is 0 Å². The van der Waals surface area contributed by atoms with Gasteiger partial charge < -0.3 is 20.4 Å². The van der Waals surface area contributed by atoms with Crippen LogP contribution in [0.25, 0.3) is 0 Å². The van der Waals surface area contributed by atoms with Crippen LogP contribution in [-0.4, -0.2) is 33.6 Å². The minimum Gasteiger partial charge on any atom is -0.507 e. The second kappa shape index (κ2) is 11.8. The molecule has 0 saturated heterocycles. The van der Waals surface area contributed by atoms with E-state index in [-0.39, 0.29) is 30.0 Å². The van der Waals surface area contributed by atoms with Crippen LogP contribution in [0.2, 0.25) is 0 Å². The van der Waals surface area contributed by atoms with Crippen molar-refractivity contribution in [2.45, 2.75) is 121 Å². The highest BCUT2D eigenvalue weighted by atomic mass is 16.3. The van der Waals surface area contributed by atoms with Crippen molar-refractivity contribution in [2.75, 3.05) is 13.2 Å². The van der Waals surface area contributed by atoms with Crippen LogP contribution in [-0.2, 0) is 23.7 Å². The van der Waals surface area contributed by atoms with Gasteiger partial charge in [0.2, 0.25) is 0 Å². The van der Waals surface area contributed by atoms with Crippen molar-refractivity contribution in [2.24, 2.45) is 0 Å². The van der Waals surface area contributed by atoms with Crippen molar-refractivity contribution in [1.82, 2.24) is 0 Å². The molecule has 4 nitrogen and oxygen atoms in total. The molecule has 4 N–H and O–H groups in total. The second-order valence-electron chi connectivity index (χ2n) is 12.3. The number of hydrogen-bond acceptors (Lipinski definition) is 4. The lowest BCUT2D eigenvalue weighted by molar-refractivity contribution is 0.296. The number of aliphatic hydroxyl groups excluding tert-OH is 2. The van der Waals surface area contributed by atoms with E-state index in [2.05, 4.69) is 45.0 Å². The Morgan fingerprint density at radius 3 is 1.35 bits per heavy atom. The summed E-state index contributed by atoms with van der Waals surface area (Å²) in [6.45, 7) is 6.80. The molecule has 0 unspecified atom stereocenters. The summed E-state index contributed by atoms with van der Waals surface area (Å²) in [6.07, 6.45) is 13.2. The summed E-state index contributed by atoms with van der Waals surface area (Å²) in [5.74, 6) is 0.542. The summed E-state index contributed by atoms with van der Waals surface area (Å²) in [6, 6.07) is 8.33. The molecule has 0 atom stereocenters. The van der Waals surface area contributed by atoms with Crippen LogP contribution in [0.1, 0.15) is 131 Å². The van der Waals surface area contributed by atoms with Gasteiger partial charge in [0.25, 0.3) is 0 Å². The number of aromatic hydroxyl groups is 2. The normalized spacial score (nSPS) is 19.3. The zero-order valence-corrected chi connectivity index (χ0v) is 23.3. The Morgan fingerprint density at radius 2 is 1.03 bits per heavy atom. The maximum absolute atomic E-state index is 11.8. The van der Waals surface area contributed by atoms with Crippen LogP contribution >= 0.6 is 0 Å². The Kier molecular flexibility index (Phi) is 8.91. The number of benzene rings is 2. The molecule has 37 heavy (non-hydrogen) atoms. The van der Waals surface area contributed by atoms with Gasteiger partial charge in [0.1, 0.15) is 11.5 Å². The fourth-order valence-electron chi connectivity index (χ4n) is 7.25. The topological polar surface area (TPSA) is 80.9 Å². The van der Waals surface area contributed by atoms with Crippen LogP contribution in [0.3, 0.4) is 0 Å². The predicted octanol–water partition coefficient (Wildman–Crippen LogP) is 7.15. The van der Waals surface area contributed by atoms with E-state index in [0.717, 1.165) is 65.5 Å². The number of hydrogen-bond donors (Lipinski definition) is 4. The van der Waals surface area contributed by atoms with E-state index in [1.54, 1.807) is 0 Å². The van der Waals surface area contributed by atoms with Crippen molar-refractivity contribution >= 4 is 0 Å². The molecule has 2 aliphatic carbocycles. The third kappa shape index (κ3) is 5.71. The standard InChI is InChI=1S/C33H48O4/c1-4-25(26-19-23(11-17-34)21-28(30(26)36)32(2)13-7-5-8-14-32)27-20-24(12-18-35)22-29(31(27)37)33(3)15-9-6-10-16-33/h19-22,25,34-37H,4-18H2,1-3H3. The van der Waals surface area contributed by atoms with Gasteiger partial charge in [-0.3, -0.25) is 0 Å². The van der Waals surface area contributed by atoms with Crippen molar-refractivity contribution in [3.8, 4) is 11.5 Å². The van der Waals surface area contributed by atoms with Gasteiger partial charge in [-0.05, 0) is 66.9 Å². The van der Waals surface area contributed by atoms with Crippen molar-refractivity contribution in [1.29, 1.82) is 0 Å². The van der Waals surface area contributed by atoms with E-state index in [9.17, 15) is 20.4 Å². The van der Waals surface area contributed by atoms with Gasteiger partial charge in [0.15, 0.2) is 0 Å². The zero-order valence-electron chi connectivity index (χ0n) is 23.3. The first-order valence-electron chi connectivity index (χ1n) is 14.7. The van der Waals surface area contributed by atoms with Gasteiger partial charge in [0.05, 0.1) is 0 Å². The van der Waals surface area contributed by atoms with Crippen LogP contribution in [0.15, 0.2) is 24.3 Å². The van der Waals surface area contributed by atoms with E-state index in [1.165, 1.54) is 38.5 Å². The lowest BCUT2D eigenvalue weighted by atomic mass is 9.68. The van der Waals surface area contributed by atoms with E-state index >= 15 is 0 Å². The van der Waals surface area contributed by atoms with Crippen LogP contribution in [0.4, 0.5) is 0 Å². The lowest BCUT2D eigenvalue weighted by Crippen LogP contribution is -2.26. The number of aliphatic hydroxyl groups is 2. The van der Waals surface area contributed by atoms with E-state index in [0.29, 0.717) is 24.3 Å². The Bertz CT molecular complexity index is 977. The van der Waals surface area contributed by atoms with Gasteiger partial charge in [-0.2, -0.15) is 0 Å². The van der Waals surface area contributed by atoms with Gasteiger partial charge in [-0.25, -0.2) is 0 Å². The minimum atomic E-state index is -0.172. The monoisotopic (exact) mass is 508 g/mol. The first-order chi connectivity index (χ1) is 17.8. The first-order valence-corrected chi connectivity index (χ1v) is 14.7. The highest BCUT2D eigenvalue weighted by Gasteiger charge is 2.36. The quantitative estimate of drug-likeness (QED) is 0.290. The molecule has 0 aliphatic heterocycles. The molecule has 2 aliphatic rings. The highest BCUT2D eigenvalue weighted by Crippen LogP contribution is 2.50. The van der Waals surface area contributed by atoms with Crippen molar-refractivity contribution < 1.29 is 20.4 Å². The lowest BCUT2D eigenvalue weighted by Gasteiger charge is -2.37. The molecular weight excluding hydrogens is 460 g/mol. The Morgan fingerprint density at radius 1 is 0.649 bits per heavy atom. The number of rotatable bonds is 9. The largest absolute Gasteiger partial charge is 0.507 e. The molecule has 4 heteroatoms. The molecule has 0 amide bonds. The smallest absolute Gasteiger partial charge is 0.123 e. The molecular formula is C33H48O4. The molecule has 204 valence electrons. The van der Waals surface area contributed by atoms with Crippen molar-refractivity contribution in [3.63, 3.8) is 0 Å². The molecule has 0 radical (unpaired) electrons. The Labute approximate surface area is 223 Å². The zero-order chi connectivity index (χ0) is 26.6. The SMILES string of the molecule is CCC(c1cc(CCO)cc(C2(C)CCCCC2)c1O)c1cc(CCO)cc(C2(C)CCCCC2)c1O. The summed E-state index contributed by atoms with van der Waals surface area (Å²) >= 11 is 0. The molecule has 2 aromatic carbocycles. The van der Waals surface area contributed by atoms with Gasteiger partial charge in [-0.15, -0.1) is 0 Å². The first kappa shape index (κ1) is 28.0. The minimum absolute atomic E-state index is 0.0664. The average Bonchev–Trinajstić information content (AvgIpc) is 2.88. The third-order valence-electron chi connectivity index (χ3n) is 9.57. The average molecular weight is 509 g/mol. The summed E-state index contributed by atoms with van der Waals surface area (Å²) in [4.78, 5) is 0. The van der Waals surface area contributed by atoms with E-state index < -0.39 is 0 Å². The molecule has 0 bridgehead atoms. The van der Waals surface area contributed by atoms with Crippen LogP contribution in [0, 0.1) is 0 Å². The van der Waals surface area contributed by atoms with Gasteiger partial charge in [0, 0.05) is 41.4 Å². The summed E-state index contributed by atoms with van der Waals surface area (Å²) < 4.78 is 0. The van der Waals surface area contributed by atoms with Crippen LogP contribution in [0.5, 0.6) is 11.5 Å². The van der Waals surface area contributed by atoms with Crippen molar-refractivity contribution in [3.05, 3.63) is 57.6 Å². The molecule has 2 aromatic rings. The third-order valence-corrected chi connectivity index (χ3v) is 9.57. The molecule has 0 spiro atoms. The maximum Gasteiger partial charge on any atom is 0.123 e. The highest BCUT2D eigenvalue weighted by molar-refractivity contribution is 5.57. The summed E-state index contributed by atoms with van der Waals surface area (Å²) in [7, 11) is 0. The second-order valence-corrected chi connectivity index (χ2v) is 12.3. The Balaban J connectivity index is 1.89. The number of phenolic OH excluding ortho intramolecular Hbond substituents is 2.